The molecular formula is C18H14ClF3N6O. The molecule has 1 N–H and O–H groups in total. The van der Waals surface area contributed by atoms with E-state index < -0.39 is 23.3 Å². The summed E-state index contributed by atoms with van der Waals surface area (Å²) in [5.74, 6) is -0.319. The van der Waals surface area contributed by atoms with Gasteiger partial charge in [0.25, 0.3) is 0 Å². The lowest BCUT2D eigenvalue weighted by molar-refractivity contribution is -0.137. The Morgan fingerprint density at radius 1 is 1.21 bits per heavy atom. The highest BCUT2D eigenvalue weighted by molar-refractivity contribution is 6.29. The molecule has 0 aliphatic carbocycles. The van der Waals surface area contributed by atoms with Gasteiger partial charge in [-0.05, 0) is 24.3 Å². The van der Waals surface area contributed by atoms with Crippen LogP contribution >= 0.6 is 11.6 Å². The summed E-state index contributed by atoms with van der Waals surface area (Å²) in [5, 5.41) is 12.4. The van der Waals surface area contributed by atoms with Gasteiger partial charge in [-0.1, -0.05) is 11.6 Å². The lowest BCUT2D eigenvalue weighted by Gasteiger charge is -2.35. The van der Waals surface area contributed by atoms with Gasteiger partial charge in [0, 0.05) is 18.8 Å². The second-order valence-corrected chi connectivity index (χ2v) is 7.10. The third-order valence-electron chi connectivity index (χ3n) is 5.07. The van der Waals surface area contributed by atoms with Crippen molar-refractivity contribution in [3.05, 3.63) is 52.6 Å². The number of nitrogens with one attached hydrogen (secondary N) is 1. The average molecular weight is 423 g/mol. The number of benzene rings is 1. The van der Waals surface area contributed by atoms with Gasteiger partial charge in [-0.3, -0.25) is 14.6 Å². The van der Waals surface area contributed by atoms with E-state index in [-0.39, 0.29) is 29.5 Å². The van der Waals surface area contributed by atoms with Gasteiger partial charge >= 0.3 is 6.18 Å². The van der Waals surface area contributed by atoms with E-state index in [0.29, 0.717) is 18.8 Å². The third-order valence-corrected chi connectivity index (χ3v) is 5.28. The molecule has 1 aromatic carbocycles. The average Bonchev–Trinajstić information content (AvgIpc) is 3.03. The fraction of sp³-hybridized carbons (Fsp3) is 0.333. The van der Waals surface area contributed by atoms with Crippen molar-refractivity contribution < 1.29 is 18.0 Å². The van der Waals surface area contributed by atoms with E-state index in [9.17, 15) is 18.0 Å². The first-order valence-corrected chi connectivity index (χ1v) is 9.04. The Bertz CT molecular complexity index is 1010. The van der Waals surface area contributed by atoms with E-state index in [1.165, 1.54) is 17.3 Å². The number of carbonyl (C=O) groups is 1. The number of hydrogen-bond acceptors (Lipinski definition) is 6. The Morgan fingerprint density at radius 3 is 2.66 bits per heavy atom. The molecule has 2 fully saturated rings. The molecule has 2 unspecified atom stereocenters. The second-order valence-electron chi connectivity index (χ2n) is 6.72. The Balaban J connectivity index is 1.68. The van der Waals surface area contributed by atoms with E-state index in [1.807, 2.05) is 4.90 Å². The number of fused-ring (bicyclic) bond motifs is 1. The molecule has 150 valence electrons. The van der Waals surface area contributed by atoms with Crippen molar-refractivity contribution in [1.82, 2.24) is 20.2 Å². The third kappa shape index (κ3) is 3.53. The predicted molar refractivity (Wildman–Crippen MR) is 96.8 cm³/mol. The summed E-state index contributed by atoms with van der Waals surface area (Å²) in [6.45, 7) is 0.972. The predicted octanol–water partition coefficient (Wildman–Crippen LogP) is 2.34. The number of alkyl halides is 3. The molecule has 0 bridgehead atoms. The summed E-state index contributed by atoms with van der Waals surface area (Å²) in [6, 6.07) is 5.60. The SMILES string of the molecule is N#Cc1ccc(N2CN3C(CNCC3c3cc(Cl)ncn3)C2=O)cc1C(F)(F)F. The summed E-state index contributed by atoms with van der Waals surface area (Å²) in [5.41, 5.74) is -0.837. The van der Waals surface area contributed by atoms with E-state index in [2.05, 4.69) is 15.3 Å². The van der Waals surface area contributed by atoms with Crippen molar-refractivity contribution in [3.8, 4) is 6.07 Å². The number of hydrogen-bond donors (Lipinski definition) is 1. The van der Waals surface area contributed by atoms with Crippen molar-refractivity contribution >= 4 is 23.2 Å². The minimum absolute atomic E-state index is 0.0928. The first kappa shape index (κ1) is 19.6. The quantitative estimate of drug-likeness (QED) is 0.748. The number of nitriles is 1. The van der Waals surface area contributed by atoms with E-state index >= 15 is 0 Å². The van der Waals surface area contributed by atoms with Crippen molar-refractivity contribution in [2.45, 2.75) is 18.3 Å². The molecule has 1 aromatic heterocycles. The maximum absolute atomic E-state index is 13.3. The highest BCUT2D eigenvalue weighted by Crippen LogP contribution is 2.37. The molecule has 2 aliphatic rings. The fourth-order valence-electron chi connectivity index (χ4n) is 3.69. The lowest BCUT2D eigenvalue weighted by atomic mass is 10.1. The topological polar surface area (TPSA) is 85.2 Å². The van der Waals surface area contributed by atoms with Gasteiger partial charge in [-0.15, -0.1) is 0 Å². The van der Waals surface area contributed by atoms with Crippen LogP contribution in [0.5, 0.6) is 0 Å². The van der Waals surface area contributed by atoms with Crippen LogP contribution in [-0.2, 0) is 11.0 Å². The number of aromatic nitrogens is 2. The van der Waals surface area contributed by atoms with Crippen LogP contribution in [0.25, 0.3) is 0 Å². The van der Waals surface area contributed by atoms with Gasteiger partial charge in [0.2, 0.25) is 5.91 Å². The van der Waals surface area contributed by atoms with Crippen LogP contribution in [0.3, 0.4) is 0 Å². The highest BCUT2D eigenvalue weighted by Gasteiger charge is 2.46. The van der Waals surface area contributed by atoms with E-state index in [0.717, 1.165) is 12.1 Å². The molecule has 2 aliphatic heterocycles. The van der Waals surface area contributed by atoms with Gasteiger partial charge in [0.05, 0.1) is 35.6 Å². The zero-order valence-electron chi connectivity index (χ0n) is 14.8. The minimum Gasteiger partial charge on any atom is -0.313 e. The molecule has 7 nitrogen and oxygen atoms in total. The van der Waals surface area contributed by atoms with Crippen molar-refractivity contribution in [2.75, 3.05) is 24.7 Å². The summed E-state index contributed by atoms with van der Waals surface area (Å²) < 4.78 is 39.9. The lowest BCUT2D eigenvalue weighted by Crippen LogP contribution is -2.52. The second kappa shape index (κ2) is 7.26. The number of anilines is 1. The van der Waals surface area contributed by atoms with Crippen LogP contribution in [0.15, 0.2) is 30.6 Å². The number of halogens is 4. The Labute approximate surface area is 168 Å². The summed E-state index contributed by atoms with van der Waals surface area (Å²) in [6.07, 6.45) is -3.37. The van der Waals surface area contributed by atoms with Gasteiger partial charge < -0.3 is 5.32 Å². The van der Waals surface area contributed by atoms with Gasteiger partial charge in [-0.25, -0.2) is 9.97 Å². The number of amides is 1. The molecule has 1 amide bonds. The van der Waals surface area contributed by atoms with Crippen LogP contribution < -0.4 is 10.2 Å². The molecule has 2 atom stereocenters. The maximum Gasteiger partial charge on any atom is 0.417 e. The number of carbonyl (C=O) groups excluding carboxylic acids is 1. The normalized spacial score (nSPS) is 22.4. The standard InChI is InChI=1S/C18H14ClF3N6O/c19-16-4-13(25-8-26-16)14-6-24-7-15-17(29)27(9-28(14)15)11-2-1-10(5-23)12(3-11)18(20,21)22/h1-4,8,14-15,24H,6-7,9H2. The number of piperazine rings is 1. The Morgan fingerprint density at radius 2 is 1.97 bits per heavy atom. The largest absolute Gasteiger partial charge is 0.417 e. The minimum atomic E-state index is -4.70. The molecule has 2 aromatic rings. The summed E-state index contributed by atoms with van der Waals surface area (Å²) in [7, 11) is 0. The monoisotopic (exact) mass is 422 g/mol. The molecule has 2 saturated heterocycles. The zero-order valence-corrected chi connectivity index (χ0v) is 15.6. The van der Waals surface area contributed by atoms with Crippen molar-refractivity contribution in [3.63, 3.8) is 0 Å². The Kier molecular flexibility index (Phi) is 4.90. The molecule has 29 heavy (non-hydrogen) atoms. The first-order valence-electron chi connectivity index (χ1n) is 8.66. The van der Waals surface area contributed by atoms with Crippen LogP contribution in [0.4, 0.5) is 18.9 Å². The molecule has 0 radical (unpaired) electrons. The van der Waals surface area contributed by atoms with Crippen LogP contribution in [-0.4, -0.2) is 46.6 Å². The number of rotatable bonds is 2. The van der Waals surface area contributed by atoms with Gasteiger partial charge in [-0.2, -0.15) is 18.4 Å². The molecule has 11 heteroatoms. The Hall–Kier alpha value is -2.74. The smallest absolute Gasteiger partial charge is 0.313 e. The first-order chi connectivity index (χ1) is 13.8. The summed E-state index contributed by atoms with van der Waals surface area (Å²) in [4.78, 5) is 24.2. The van der Waals surface area contributed by atoms with Crippen LogP contribution in [0, 0.1) is 11.3 Å². The maximum atomic E-state index is 13.3. The molecule has 0 saturated carbocycles. The molecule has 3 heterocycles. The molecule has 0 spiro atoms. The van der Waals surface area contributed by atoms with Crippen LogP contribution in [0.2, 0.25) is 5.15 Å². The van der Waals surface area contributed by atoms with Gasteiger partial charge in [0.1, 0.15) is 17.5 Å². The van der Waals surface area contributed by atoms with Crippen molar-refractivity contribution in [2.24, 2.45) is 0 Å². The number of nitrogens with zero attached hydrogens (tertiary/aromatic N) is 5. The van der Waals surface area contributed by atoms with E-state index in [4.69, 9.17) is 16.9 Å². The highest BCUT2D eigenvalue weighted by atomic mass is 35.5. The van der Waals surface area contributed by atoms with Crippen LogP contribution in [0.1, 0.15) is 22.9 Å². The molecular weight excluding hydrogens is 409 g/mol. The van der Waals surface area contributed by atoms with Gasteiger partial charge in [0.15, 0.2) is 0 Å². The fourth-order valence-corrected chi connectivity index (χ4v) is 3.85. The molecule has 4 rings (SSSR count). The summed E-state index contributed by atoms with van der Waals surface area (Å²) >= 11 is 5.95. The zero-order chi connectivity index (χ0) is 20.8. The van der Waals surface area contributed by atoms with E-state index in [1.54, 1.807) is 12.1 Å². The van der Waals surface area contributed by atoms with Crippen molar-refractivity contribution in [1.29, 1.82) is 5.26 Å².